The maximum atomic E-state index is 11.5. The number of nitrogens with one attached hydrogen (secondary N) is 1. The van der Waals surface area contributed by atoms with Crippen molar-refractivity contribution in [3.63, 3.8) is 0 Å². The Kier molecular flexibility index (Phi) is 4.76. The minimum atomic E-state index is -1.46. The summed E-state index contributed by atoms with van der Waals surface area (Å²) in [5.41, 5.74) is 0.436. The van der Waals surface area contributed by atoms with Gasteiger partial charge >= 0.3 is 5.63 Å². The number of ether oxygens (including phenoxy) is 1. The Balaban J connectivity index is 1.90. The van der Waals surface area contributed by atoms with Crippen LogP contribution in [0.5, 0.6) is 0 Å². The van der Waals surface area contributed by atoms with Gasteiger partial charge in [-0.05, 0) is 12.1 Å². The molecule has 2 aromatic rings. The second-order valence-corrected chi connectivity index (χ2v) is 5.73. The molecule has 1 aromatic carbocycles. The summed E-state index contributed by atoms with van der Waals surface area (Å²) in [5, 5.41) is 42.5. The molecule has 5 atom stereocenters. The van der Waals surface area contributed by atoms with Gasteiger partial charge in [-0.3, -0.25) is 0 Å². The first-order valence-electron chi connectivity index (χ1n) is 7.56. The van der Waals surface area contributed by atoms with Crippen molar-refractivity contribution in [3.05, 3.63) is 40.2 Å². The van der Waals surface area contributed by atoms with Crippen molar-refractivity contribution in [2.24, 2.45) is 0 Å². The minimum absolute atomic E-state index is 0.236. The first-order chi connectivity index (χ1) is 11.9. The van der Waals surface area contributed by atoms with Crippen LogP contribution >= 0.6 is 0 Å². The van der Waals surface area contributed by atoms with Crippen LogP contribution in [-0.2, 0) is 4.74 Å². The molecule has 0 bridgehead atoms. The van der Waals surface area contributed by atoms with Crippen molar-refractivity contribution in [1.29, 1.82) is 0 Å². The van der Waals surface area contributed by atoms with Gasteiger partial charge in [0.2, 0.25) is 0 Å². The fourth-order valence-corrected chi connectivity index (χ4v) is 2.82. The molecule has 8 heteroatoms. The van der Waals surface area contributed by atoms with Crippen molar-refractivity contribution in [2.45, 2.75) is 30.6 Å². The van der Waals surface area contributed by atoms with Crippen LogP contribution in [0.15, 0.2) is 33.5 Å². The third-order valence-corrected chi connectivity index (χ3v) is 4.13. The van der Waals surface area contributed by atoms with E-state index in [1.165, 1.54) is 12.1 Å². The van der Waals surface area contributed by atoms with Gasteiger partial charge in [0.1, 0.15) is 29.9 Å². The van der Waals surface area contributed by atoms with Crippen molar-refractivity contribution < 1.29 is 29.6 Å². The Morgan fingerprint density at radius 1 is 1.20 bits per heavy atom. The highest BCUT2D eigenvalue weighted by Gasteiger charge is 2.43. The van der Waals surface area contributed by atoms with Crippen LogP contribution in [0.25, 0.3) is 11.0 Å². The van der Waals surface area contributed by atoms with Crippen molar-refractivity contribution in [2.75, 3.05) is 11.9 Å². The molecule has 132 valence electrons. The maximum Gasteiger partial charge on any atom is 0.337 e. The third kappa shape index (κ3) is 3.24. The van der Waals surface area contributed by atoms with E-state index in [1.807, 2.05) is 0 Å². The van der Waals surface area contributed by atoms with Gasteiger partial charge in [-0.25, -0.2) is 4.79 Å². The Labute approximate surface area is 142 Å². The minimum Gasteiger partial charge on any atom is -0.423 e. The Hall–Kier alpha value is -2.41. The molecule has 25 heavy (non-hydrogen) atoms. The Bertz CT molecular complexity index is 871. The fraction of sp³-hybridized carbons (Fsp3) is 0.353. The lowest BCUT2D eigenvalue weighted by Crippen LogP contribution is -2.61. The van der Waals surface area contributed by atoms with E-state index in [9.17, 15) is 20.1 Å². The summed E-state index contributed by atoms with van der Waals surface area (Å²) in [4.78, 5) is 11.5. The summed E-state index contributed by atoms with van der Waals surface area (Å²) in [7, 11) is 0. The van der Waals surface area contributed by atoms with Gasteiger partial charge in [0.05, 0.1) is 6.61 Å². The van der Waals surface area contributed by atoms with Gasteiger partial charge in [-0.2, -0.15) is 0 Å². The van der Waals surface area contributed by atoms with Crippen LogP contribution < -0.4 is 10.9 Å². The molecule has 1 aromatic heterocycles. The maximum absolute atomic E-state index is 11.5. The van der Waals surface area contributed by atoms with Crippen LogP contribution in [0, 0.1) is 12.3 Å². The number of hydrogen-bond donors (Lipinski definition) is 5. The molecular weight excluding hydrogens is 330 g/mol. The Morgan fingerprint density at radius 3 is 2.64 bits per heavy atom. The van der Waals surface area contributed by atoms with Crippen molar-refractivity contribution in [1.82, 2.24) is 0 Å². The first kappa shape index (κ1) is 17.4. The zero-order valence-electron chi connectivity index (χ0n) is 13.0. The summed E-state index contributed by atoms with van der Waals surface area (Å²) in [5.74, 6) is 2.41. The van der Waals surface area contributed by atoms with E-state index in [0.717, 1.165) is 0 Å². The molecule has 2 heterocycles. The van der Waals surface area contributed by atoms with Crippen LogP contribution in [0.2, 0.25) is 0 Å². The quantitative estimate of drug-likeness (QED) is 0.352. The summed E-state index contributed by atoms with van der Waals surface area (Å²) in [6.07, 6.45) is 0.0575. The van der Waals surface area contributed by atoms with E-state index in [4.69, 9.17) is 20.7 Å². The smallest absolute Gasteiger partial charge is 0.337 e. The summed E-state index contributed by atoms with van der Waals surface area (Å²) >= 11 is 0. The number of terminal acetylenes is 1. The van der Waals surface area contributed by atoms with Gasteiger partial charge in [-0.15, -0.1) is 6.42 Å². The van der Waals surface area contributed by atoms with Crippen molar-refractivity contribution >= 4 is 16.7 Å². The topological polar surface area (TPSA) is 132 Å². The average Bonchev–Trinajstić information content (AvgIpc) is 2.60. The van der Waals surface area contributed by atoms with E-state index in [2.05, 4.69) is 11.2 Å². The van der Waals surface area contributed by atoms with Gasteiger partial charge in [0.15, 0.2) is 6.29 Å². The number of benzene rings is 1. The molecule has 0 radical (unpaired) electrons. The molecule has 1 saturated heterocycles. The molecule has 0 aliphatic carbocycles. The van der Waals surface area contributed by atoms with E-state index in [0.29, 0.717) is 16.6 Å². The highest BCUT2D eigenvalue weighted by Crippen LogP contribution is 2.26. The lowest BCUT2D eigenvalue weighted by Gasteiger charge is -2.40. The largest absolute Gasteiger partial charge is 0.423 e. The highest BCUT2D eigenvalue weighted by molar-refractivity contribution is 5.85. The number of aliphatic hydroxyl groups is 4. The van der Waals surface area contributed by atoms with E-state index >= 15 is 0 Å². The van der Waals surface area contributed by atoms with Crippen molar-refractivity contribution in [3.8, 4) is 12.3 Å². The van der Waals surface area contributed by atoms with E-state index in [1.54, 1.807) is 12.1 Å². The summed E-state index contributed by atoms with van der Waals surface area (Å²) in [6, 6.07) is 4.89. The van der Waals surface area contributed by atoms with Crippen LogP contribution in [-0.4, -0.2) is 57.7 Å². The average molecular weight is 347 g/mol. The second kappa shape index (κ2) is 6.84. The normalized spacial score (nSPS) is 29.3. The SMILES string of the molecule is C#Cc1cc(=O)oc2cc(NC3C(O)OC(CO)[C@@H](O)[C@@H]3O)ccc12. The summed E-state index contributed by atoms with van der Waals surface area (Å²) in [6.45, 7) is -0.544. The van der Waals surface area contributed by atoms with Gasteiger partial charge in [0.25, 0.3) is 0 Å². The highest BCUT2D eigenvalue weighted by atomic mass is 16.6. The Morgan fingerprint density at radius 2 is 1.96 bits per heavy atom. The lowest BCUT2D eigenvalue weighted by molar-refractivity contribution is -0.245. The molecule has 1 fully saturated rings. The number of aliphatic hydroxyl groups excluding tert-OH is 4. The molecule has 3 rings (SSSR count). The molecule has 1 aliphatic rings. The lowest BCUT2D eigenvalue weighted by atomic mass is 9.96. The molecule has 1 aliphatic heterocycles. The molecular formula is C17H17NO7. The summed E-state index contributed by atoms with van der Waals surface area (Å²) < 4.78 is 10.2. The standard InChI is InChI=1S/C17H17NO7/c1-2-8-5-13(20)24-11-6-9(3-4-10(8)11)18-14-16(22)15(21)12(7-19)25-17(14)23/h1,3-6,12,14-19,21-23H,7H2/t12?,14?,15-,16-,17?/m1/s1. The molecule has 3 unspecified atom stereocenters. The number of rotatable bonds is 3. The third-order valence-electron chi connectivity index (χ3n) is 4.13. The molecule has 0 saturated carbocycles. The van der Waals surface area contributed by atoms with Crippen LogP contribution in [0.3, 0.4) is 0 Å². The van der Waals surface area contributed by atoms with Gasteiger partial charge < -0.3 is 34.9 Å². The predicted octanol–water partition coefficient (Wildman–Crippen LogP) is -1.01. The number of hydrogen-bond acceptors (Lipinski definition) is 8. The molecule has 5 N–H and O–H groups in total. The van der Waals surface area contributed by atoms with E-state index < -0.39 is 42.9 Å². The van der Waals surface area contributed by atoms with Gasteiger partial charge in [0, 0.05) is 28.8 Å². The molecule has 0 amide bonds. The zero-order valence-corrected chi connectivity index (χ0v) is 13.0. The first-order valence-corrected chi connectivity index (χ1v) is 7.56. The second-order valence-electron chi connectivity index (χ2n) is 5.73. The fourth-order valence-electron chi connectivity index (χ4n) is 2.82. The zero-order chi connectivity index (χ0) is 18.1. The van der Waals surface area contributed by atoms with Crippen LogP contribution in [0.1, 0.15) is 5.56 Å². The van der Waals surface area contributed by atoms with Gasteiger partial charge in [-0.1, -0.05) is 5.92 Å². The molecule has 8 nitrogen and oxygen atoms in total. The van der Waals surface area contributed by atoms with E-state index in [-0.39, 0.29) is 5.58 Å². The predicted molar refractivity (Wildman–Crippen MR) is 87.8 cm³/mol. The number of anilines is 1. The monoisotopic (exact) mass is 347 g/mol. The number of fused-ring (bicyclic) bond motifs is 1. The molecule has 0 spiro atoms. The van der Waals surface area contributed by atoms with Crippen LogP contribution in [0.4, 0.5) is 5.69 Å².